The quantitative estimate of drug-likeness (QED) is 0.551. The molecule has 3 aromatic heterocycles. The standard InChI is InChI=1S/C21H17ClN4O3/c22-14-5-3-13(4-6-14)19-10-15(25-29-19)11-26-8-7-17-16(12-26)21(27)24-20(23-17)18-2-1-9-28-18/h1-6,9-10H,7-8,11-12H2,(H,23,24,27). The molecule has 1 aliphatic rings. The predicted molar refractivity (Wildman–Crippen MR) is 107 cm³/mol. The highest BCUT2D eigenvalue weighted by Crippen LogP contribution is 2.24. The molecule has 5 rings (SSSR count). The lowest BCUT2D eigenvalue weighted by atomic mass is 10.1. The van der Waals surface area contributed by atoms with Crippen molar-refractivity contribution in [2.45, 2.75) is 19.5 Å². The van der Waals surface area contributed by atoms with Crippen LogP contribution in [0.1, 0.15) is 17.0 Å². The normalized spacial score (nSPS) is 14.1. The van der Waals surface area contributed by atoms with Gasteiger partial charge in [-0.1, -0.05) is 16.8 Å². The van der Waals surface area contributed by atoms with Gasteiger partial charge in [0.15, 0.2) is 17.3 Å². The van der Waals surface area contributed by atoms with Crippen LogP contribution >= 0.6 is 11.6 Å². The van der Waals surface area contributed by atoms with E-state index in [1.165, 1.54) is 0 Å². The molecular formula is C21H17ClN4O3. The van der Waals surface area contributed by atoms with E-state index in [0.717, 1.165) is 23.5 Å². The van der Waals surface area contributed by atoms with Crippen molar-refractivity contribution >= 4 is 11.6 Å². The van der Waals surface area contributed by atoms with Crippen LogP contribution in [0.2, 0.25) is 5.02 Å². The van der Waals surface area contributed by atoms with E-state index < -0.39 is 0 Å². The van der Waals surface area contributed by atoms with Crippen LogP contribution in [0.15, 0.2) is 62.5 Å². The smallest absolute Gasteiger partial charge is 0.256 e. The number of aromatic nitrogens is 3. The third-order valence-corrected chi connectivity index (χ3v) is 5.23. The molecule has 4 heterocycles. The highest BCUT2D eigenvalue weighted by atomic mass is 35.5. The Kier molecular flexibility index (Phi) is 4.54. The van der Waals surface area contributed by atoms with E-state index in [2.05, 4.69) is 20.0 Å². The summed E-state index contributed by atoms with van der Waals surface area (Å²) in [6, 6.07) is 12.9. The first-order valence-corrected chi connectivity index (χ1v) is 9.63. The minimum absolute atomic E-state index is 0.131. The van der Waals surface area contributed by atoms with Crippen LogP contribution in [0.5, 0.6) is 0 Å². The third kappa shape index (κ3) is 3.62. The molecule has 0 unspecified atom stereocenters. The number of hydrogen-bond acceptors (Lipinski definition) is 6. The van der Waals surface area contributed by atoms with Gasteiger partial charge in [-0.2, -0.15) is 0 Å². The molecule has 0 atom stereocenters. The minimum atomic E-state index is -0.131. The van der Waals surface area contributed by atoms with Gasteiger partial charge in [-0.25, -0.2) is 4.98 Å². The number of benzene rings is 1. The van der Waals surface area contributed by atoms with Crippen molar-refractivity contribution in [2.24, 2.45) is 0 Å². The number of H-pyrrole nitrogens is 1. The number of nitrogens with one attached hydrogen (secondary N) is 1. The summed E-state index contributed by atoms with van der Waals surface area (Å²) in [5.41, 5.74) is 3.11. The summed E-state index contributed by atoms with van der Waals surface area (Å²) < 4.78 is 10.8. The molecular weight excluding hydrogens is 392 g/mol. The maximum atomic E-state index is 12.6. The van der Waals surface area contributed by atoms with Crippen LogP contribution in [-0.2, 0) is 19.5 Å². The van der Waals surface area contributed by atoms with E-state index >= 15 is 0 Å². The molecule has 0 bridgehead atoms. The molecule has 7 nitrogen and oxygen atoms in total. The average Bonchev–Trinajstić information content (AvgIpc) is 3.41. The number of fused-ring (bicyclic) bond motifs is 1. The van der Waals surface area contributed by atoms with Crippen LogP contribution in [-0.4, -0.2) is 26.6 Å². The Bertz CT molecular complexity index is 1200. The van der Waals surface area contributed by atoms with Gasteiger partial charge in [-0.15, -0.1) is 0 Å². The van der Waals surface area contributed by atoms with E-state index in [1.54, 1.807) is 18.4 Å². The molecule has 1 aromatic carbocycles. The van der Waals surface area contributed by atoms with Crippen molar-refractivity contribution in [1.82, 2.24) is 20.0 Å². The monoisotopic (exact) mass is 408 g/mol. The Morgan fingerprint density at radius 1 is 1.17 bits per heavy atom. The van der Waals surface area contributed by atoms with Gasteiger partial charge in [0.2, 0.25) is 0 Å². The Labute approximate surface area is 170 Å². The summed E-state index contributed by atoms with van der Waals surface area (Å²) in [6.07, 6.45) is 2.25. The lowest BCUT2D eigenvalue weighted by Gasteiger charge is -2.26. The van der Waals surface area contributed by atoms with Gasteiger partial charge in [0.05, 0.1) is 23.2 Å². The van der Waals surface area contributed by atoms with Gasteiger partial charge < -0.3 is 13.9 Å². The van der Waals surface area contributed by atoms with Gasteiger partial charge in [-0.05, 0) is 36.4 Å². The van der Waals surface area contributed by atoms with Gasteiger partial charge in [0.25, 0.3) is 5.56 Å². The summed E-state index contributed by atoms with van der Waals surface area (Å²) in [6.45, 7) is 1.89. The van der Waals surface area contributed by atoms with Gasteiger partial charge in [0, 0.05) is 42.7 Å². The molecule has 1 aliphatic heterocycles. The van der Waals surface area contributed by atoms with E-state index in [4.69, 9.17) is 20.5 Å². The zero-order valence-electron chi connectivity index (χ0n) is 15.4. The largest absolute Gasteiger partial charge is 0.461 e. The van der Waals surface area contributed by atoms with Crippen molar-refractivity contribution in [2.75, 3.05) is 6.54 Å². The van der Waals surface area contributed by atoms with Crippen molar-refractivity contribution in [1.29, 1.82) is 0 Å². The average molecular weight is 409 g/mol. The molecule has 0 spiro atoms. The number of rotatable bonds is 4. The second kappa shape index (κ2) is 7.35. The third-order valence-electron chi connectivity index (χ3n) is 4.98. The molecule has 0 amide bonds. The van der Waals surface area contributed by atoms with Crippen LogP contribution in [0.25, 0.3) is 22.9 Å². The highest BCUT2D eigenvalue weighted by molar-refractivity contribution is 6.30. The second-order valence-corrected chi connectivity index (χ2v) is 7.40. The highest BCUT2D eigenvalue weighted by Gasteiger charge is 2.23. The Morgan fingerprint density at radius 2 is 2.03 bits per heavy atom. The molecule has 0 aliphatic carbocycles. The maximum absolute atomic E-state index is 12.6. The van der Waals surface area contributed by atoms with Crippen LogP contribution in [0.3, 0.4) is 0 Å². The first kappa shape index (κ1) is 17.9. The van der Waals surface area contributed by atoms with Crippen LogP contribution in [0.4, 0.5) is 0 Å². The summed E-state index contributed by atoms with van der Waals surface area (Å²) in [5, 5.41) is 4.85. The maximum Gasteiger partial charge on any atom is 0.256 e. The van der Waals surface area contributed by atoms with Gasteiger partial charge in [-0.3, -0.25) is 9.69 Å². The Hall–Kier alpha value is -3.16. The zero-order chi connectivity index (χ0) is 19.8. The van der Waals surface area contributed by atoms with Crippen molar-refractivity contribution < 1.29 is 8.94 Å². The molecule has 0 saturated carbocycles. The number of aromatic amines is 1. The summed E-state index contributed by atoms with van der Waals surface area (Å²) in [7, 11) is 0. The number of furan rings is 1. The first-order chi connectivity index (χ1) is 14.2. The molecule has 0 fully saturated rings. The molecule has 29 heavy (non-hydrogen) atoms. The molecule has 4 aromatic rings. The number of nitrogens with zero attached hydrogens (tertiary/aromatic N) is 3. The lowest BCUT2D eigenvalue weighted by molar-refractivity contribution is 0.234. The SMILES string of the molecule is O=c1[nH]c(-c2ccco2)nc2c1CN(Cc1cc(-c3ccc(Cl)cc3)on1)CC2. The summed E-state index contributed by atoms with van der Waals surface area (Å²) in [4.78, 5) is 22.2. The summed E-state index contributed by atoms with van der Waals surface area (Å²) in [5.74, 6) is 1.72. The number of halogens is 1. The topological polar surface area (TPSA) is 88.2 Å². The molecule has 0 saturated heterocycles. The molecule has 0 radical (unpaired) electrons. The predicted octanol–water partition coefficient (Wildman–Crippen LogP) is 3.90. The fraction of sp³-hybridized carbons (Fsp3) is 0.190. The Morgan fingerprint density at radius 3 is 2.83 bits per heavy atom. The first-order valence-electron chi connectivity index (χ1n) is 9.25. The fourth-order valence-electron chi connectivity index (χ4n) is 3.51. The minimum Gasteiger partial charge on any atom is -0.461 e. The van der Waals surface area contributed by atoms with Crippen molar-refractivity contribution in [3.63, 3.8) is 0 Å². The summed E-state index contributed by atoms with van der Waals surface area (Å²) >= 11 is 5.93. The fourth-order valence-corrected chi connectivity index (χ4v) is 3.64. The van der Waals surface area contributed by atoms with Gasteiger partial charge >= 0.3 is 0 Å². The van der Waals surface area contributed by atoms with Crippen LogP contribution < -0.4 is 5.56 Å². The second-order valence-electron chi connectivity index (χ2n) is 6.97. The van der Waals surface area contributed by atoms with E-state index in [0.29, 0.717) is 47.4 Å². The van der Waals surface area contributed by atoms with E-state index in [-0.39, 0.29) is 5.56 Å². The molecule has 146 valence electrons. The molecule has 8 heteroatoms. The van der Waals surface area contributed by atoms with Gasteiger partial charge in [0.1, 0.15) is 0 Å². The van der Waals surface area contributed by atoms with E-state index in [9.17, 15) is 4.79 Å². The number of hydrogen-bond donors (Lipinski definition) is 1. The van der Waals surface area contributed by atoms with Crippen LogP contribution in [0, 0.1) is 0 Å². The van der Waals surface area contributed by atoms with Crippen molar-refractivity contribution in [3.05, 3.63) is 81.1 Å². The van der Waals surface area contributed by atoms with E-state index in [1.807, 2.05) is 30.3 Å². The van der Waals surface area contributed by atoms with Crippen molar-refractivity contribution in [3.8, 4) is 22.9 Å². The zero-order valence-corrected chi connectivity index (χ0v) is 16.1. The molecule has 1 N–H and O–H groups in total. The lowest BCUT2D eigenvalue weighted by Crippen LogP contribution is -2.35. The Balaban J connectivity index is 1.33.